The number of rotatable bonds is 4. The van der Waals surface area contributed by atoms with Crippen molar-refractivity contribution in [1.29, 1.82) is 0 Å². The van der Waals surface area contributed by atoms with Crippen molar-refractivity contribution < 1.29 is 14.4 Å². The third-order valence-electron chi connectivity index (χ3n) is 4.48. The molecule has 1 saturated heterocycles. The van der Waals surface area contributed by atoms with Crippen molar-refractivity contribution in [3.8, 4) is 10.6 Å². The molecule has 4 rings (SSSR count). The van der Waals surface area contributed by atoms with Gasteiger partial charge in [0.2, 0.25) is 17.7 Å². The highest BCUT2D eigenvalue weighted by molar-refractivity contribution is 7.20. The number of likely N-dealkylation sites (tertiary alicyclic amines) is 1. The highest BCUT2D eigenvalue weighted by Gasteiger charge is 2.47. The van der Waals surface area contributed by atoms with E-state index in [0.717, 1.165) is 15.5 Å². The normalized spacial score (nSPS) is 22.0. The number of imide groups is 1. The lowest BCUT2D eigenvalue weighted by atomic mass is 9.85. The molecule has 134 valence electrons. The lowest BCUT2D eigenvalue weighted by Crippen LogP contribution is -2.38. The van der Waals surface area contributed by atoms with E-state index in [9.17, 15) is 14.4 Å². The fourth-order valence-electron chi connectivity index (χ4n) is 3.22. The molecule has 0 spiro atoms. The van der Waals surface area contributed by atoms with Crippen LogP contribution in [0.15, 0.2) is 29.7 Å². The Kier molecular flexibility index (Phi) is 4.64. The molecule has 9 heteroatoms. The average Bonchev–Trinajstić information content (AvgIpc) is 3.32. The fraction of sp³-hybridized carbons (Fsp3) is 0.294. The van der Waals surface area contributed by atoms with Crippen LogP contribution in [0.5, 0.6) is 0 Å². The summed E-state index contributed by atoms with van der Waals surface area (Å²) in [7, 11) is 0. The van der Waals surface area contributed by atoms with Crippen LogP contribution in [0, 0.1) is 11.8 Å². The van der Waals surface area contributed by atoms with E-state index >= 15 is 0 Å². The SMILES string of the molecule is O=C(CN1C(=O)C2CC=CCC2C1=O)Nc1nc(-c2ccc(Cl)s2)cs1. The summed E-state index contributed by atoms with van der Waals surface area (Å²) < 4.78 is 0.667. The van der Waals surface area contributed by atoms with Gasteiger partial charge in [0, 0.05) is 5.38 Å². The number of thiazole rings is 1. The number of amides is 3. The molecule has 3 heterocycles. The molecule has 2 unspecified atom stereocenters. The van der Waals surface area contributed by atoms with E-state index in [0.29, 0.717) is 22.3 Å². The van der Waals surface area contributed by atoms with Crippen LogP contribution in [0.25, 0.3) is 10.6 Å². The Hall–Kier alpha value is -2.03. The lowest BCUT2D eigenvalue weighted by Gasteiger charge is -2.14. The first-order valence-corrected chi connectivity index (χ1v) is 10.1. The van der Waals surface area contributed by atoms with E-state index in [1.807, 2.05) is 23.6 Å². The number of hydrogen-bond donors (Lipinski definition) is 1. The van der Waals surface area contributed by atoms with E-state index < -0.39 is 5.91 Å². The summed E-state index contributed by atoms with van der Waals surface area (Å²) in [4.78, 5) is 43.4. The number of halogens is 1. The number of thiophene rings is 1. The molecule has 1 N–H and O–H groups in total. The van der Waals surface area contributed by atoms with Crippen LogP contribution in [-0.2, 0) is 14.4 Å². The Morgan fingerprint density at radius 1 is 1.23 bits per heavy atom. The van der Waals surface area contributed by atoms with Gasteiger partial charge >= 0.3 is 0 Å². The summed E-state index contributed by atoms with van der Waals surface area (Å²) in [6, 6.07) is 3.66. The molecule has 2 aromatic heterocycles. The van der Waals surface area contributed by atoms with Crippen LogP contribution in [0.1, 0.15) is 12.8 Å². The summed E-state index contributed by atoms with van der Waals surface area (Å²) in [5, 5.41) is 4.91. The molecule has 6 nitrogen and oxygen atoms in total. The maximum Gasteiger partial charge on any atom is 0.246 e. The molecule has 2 atom stereocenters. The molecule has 1 aliphatic carbocycles. The fourth-order valence-corrected chi connectivity index (χ4v) is 5.03. The molecule has 0 radical (unpaired) electrons. The zero-order chi connectivity index (χ0) is 18.3. The van der Waals surface area contributed by atoms with Gasteiger partial charge in [-0.1, -0.05) is 23.8 Å². The van der Waals surface area contributed by atoms with Gasteiger partial charge < -0.3 is 5.32 Å². The minimum absolute atomic E-state index is 0.257. The Bertz CT molecular complexity index is 894. The predicted molar refractivity (Wildman–Crippen MR) is 101 cm³/mol. The van der Waals surface area contributed by atoms with Crippen LogP contribution in [0.3, 0.4) is 0 Å². The summed E-state index contributed by atoms with van der Waals surface area (Å²) in [5.41, 5.74) is 0.729. The Morgan fingerprint density at radius 3 is 2.54 bits per heavy atom. The number of carbonyl (C=O) groups is 3. The van der Waals surface area contributed by atoms with Gasteiger partial charge in [-0.15, -0.1) is 22.7 Å². The maximum atomic E-state index is 12.4. The van der Waals surface area contributed by atoms with Crippen molar-refractivity contribution in [3.63, 3.8) is 0 Å². The zero-order valence-corrected chi connectivity index (χ0v) is 15.9. The van der Waals surface area contributed by atoms with Gasteiger partial charge in [0.15, 0.2) is 5.13 Å². The topological polar surface area (TPSA) is 79.4 Å². The smallest absolute Gasteiger partial charge is 0.246 e. The largest absolute Gasteiger partial charge is 0.300 e. The van der Waals surface area contributed by atoms with Crippen LogP contribution >= 0.6 is 34.3 Å². The maximum absolute atomic E-state index is 12.4. The second-order valence-electron chi connectivity index (χ2n) is 6.11. The van der Waals surface area contributed by atoms with Gasteiger partial charge in [-0.25, -0.2) is 4.98 Å². The van der Waals surface area contributed by atoms with Gasteiger partial charge in [-0.3, -0.25) is 19.3 Å². The van der Waals surface area contributed by atoms with Crippen LogP contribution in [0.4, 0.5) is 5.13 Å². The highest BCUT2D eigenvalue weighted by Crippen LogP contribution is 2.35. The second kappa shape index (κ2) is 6.94. The van der Waals surface area contributed by atoms with E-state index in [-0.39, 0.29) is 30.2 Å². The number of carbonyl (C=O) groups excluding carboxylic acids is 3. The van der Waals surface area contributed by atoms with E-state index in [4.69, 9.17) is 11.6 Å². The first kappa shape index (κ1) is 17.4. The minimum Gasteiger partial charge on any atom is -0.300 e. The third kappa shape index (κ3) is 3.20. The molecule has 3 amide bonds. The number of allylic oxidation sites excluding steroid dienone is 2. The first-order chi connectivity index (χ1) is 12.5. The molecule has 26 heavy (non-hydrogen) atoms. The van der Waals surface area contributed by atoms with Crippen molar-refractivity contribution in [2.45, 2.75) is 12.8 Å². The molecule has 2 aliphatic rings. The molecule has 1 fully saturated rings. The number of hydrogen-bond acceptors (Lipinski definition) is 6. The van der Waals surface area contributed by atoms with E-state index in [1.54, 1.807) is 6.07 Å². The lowest BCUT2D eigenvalue weighted by molar-refractivity contribution is -0.142. The molecule has 1 aliphatic heterocycles. The van der Waals surface area contributed by atoms with Crippen LogP contribution in [0.2, 0.25) is 4.34 Å². The molecule has 2 aromatic rings. The van der Waals surface area contributed by atoms with Crippen molar-refractivity contribution >= 4 is 57.1 Å². The van der Waals surface area contributed by atoms with Crippen molar-refractivity contribution in [2.75, 3.05) is 11.9 Å². The Balaban J connectivity index is 1.41. The van der Waals surface area contributed by atoms with Gasteiger partial charge in [0.05, 0.1) is 26.7 Å². The highest BCUT2D eigenvalue weighted by atomic mass is 35.5. The zero-order valence-electron chi connectivity index (χ0n) is 13.5. The van der Waals surface area contributed by atoms with Crippen LogP contribution in [-0.4, -0.2) is 34.2 Å². The number of nitrogens with one attached hydrogen (secondary N) is 1. The predicted octanol–water partition coefficient (Wildman–Crippen LogP) is 3.41. The number of nitrogens with zero attached hydrogens (tertiary/aromatic N) is 2. The summed E-state index contributed by atoms with van der Waals surface area (Å²) in [6.07, 6.45) is 4.97. The second-order valence-corrected chi connectivity index (χ2v) is 8.68. The average molecular weight is 408 g/mol. The van der Waals surface area contributed by atoms with Crippen molar-refractivity contribution in [1.82, 2.24) is 9.88 Å². The molecule has 0 bridgehead atoms. The summed E-state index contributed by atoms with van der Waals surface area (Å²) in [5.74, 6) is -1.59. The Labute approximate surface area is 162 Å². The summed E-state index contributed by atoms with van der Waals surface area (Å²) >= 11 is 8.61. The van der Waals surface area contributed by atoms with Crippen LogP contribution < -0.4 is 5.32 Å². The molecule has 0 saturated carbocycles. The minimum atomic E-state index is -0.427. The summed E-state index contributed by atoms with van der Waals surface area (Å²) in [6.45, 7) is -0.273. The Morgan fingerprint density at radius 2 is 1.92 bits per heavy atom. The van der Waals surface area contributed by atoms with Crippen molar-refractivity contribution in [3.05, 3.63) is 34.0 Å². The van der Waals surface area contributed by atoms with Gasteiger partial charge in [0.1, 0.15) is 6.54 Å². The van der Waals surface area contributed by atoms with Gasteiger partial charge in [0.25, 0.3) is 0 Å². The standard InChI is InChI=1S/C17H14ClN3O3S2/c18-13-6-5-12(26-13)11-8-25-17(19-11)20-14(22)7-21-15(23)9-3-1-2-4-10(9)16(21)24/h1-2,5-6,8-10H,3-4,7H2,(H,19,20,22). The molecule has 0 aromatic carbocycles. The molecular formula is C17H14ClN3O3S2. The van der Waals surface area contributed by atoms with E-state index in [1.165, 1.54) is 22.7 Å². The number of fused-ring (bicyclic) bond motifs is 1. The third-order valence-corrected chi connectivity index (χ3v) is 6.49. The number of aromatic nitrogens is 1. The quantitative estimate of drug-likeness (QED) is 0.622. The van der Waals surface area contributed by atoms with Gasteiger partial charge in [-0.05, 0) is 25.0 Å². The van der Waals surface area contributed by atoms with Crippen molar-refractivity contribution in [2.24, 2.45) is 11.8 Å². The van der Waals surface area contributed by atoms with E-state index in [2.05, 4.69) is 10.3 Å². The monoisotopic (exact) mass is 407 g/mol. The first-order valence-electron chi connectivity index (χ1n) is 8.04. The van der Waals surface area contributed by atoms with Gasteiger partial charge in [-0.2, -0.15) is 0 Å². The molecular weight excluding hydrogens is 394 g/mol. The number of anilines is 1.